The molecular formula is C21H23BrN2O2. The summed E-state index contributed by atoms with van der Waals surface area (Å²) >= 11 is 3.38. The monoisotopic (exact) mass is 414 g/mol. The number of likely N-dealkylation sites (tertiary alicyclic amines) is 1. The third-order valence-electron chi connectivity index (χ3n) is 4.92. The Balaban J connectivity index is 1.86. The Morgan fingerprint density at radius 1 is 1.04 bits per heavy atom. The summed E-state index contributed by atoms with van der Waals surface area (Å²) in [7, 11) is 0. The molecule has 1 N–H and O–H groups in total. The van der Waals surface area contributed by atoms with Gasteiger partial charge in [-0.15, -0.1) is 0 Å². The number of hydrogen-bond acceptors (Lipinski definition) is 2. The van der Waals surface area contributed by atoms with Crippen LogP contribution in [0.3, 0.4) is 0 Å². The van der Waals surface area contributed by atoms with Crippen molar-refractivity contribution in [2.45, 2.75) is 45.2 Å². The average Bonchev–Trinajstić information content (AvgIpc) is 2.62. The molecule has 2 unspecified atom stereocenters. The molecule has 1 fully saturated rings. The lowest BCUT2D eigenvalue weighted by Crippen LogP contribution is -2.47. The summed E-state index contributed by atoms with van der Waals surface area (Å²) in [4.78, 5) is 27.7. The first-order chi connectivity index (χ1) is 12.5. The van der Waals surface area contributed by atoms with E-state index in [-0.39, 0.29) is 23.9 Å². The fourth-order valence-electron chi connectivity index (χ4n) is 3.56. The first kappa shape index (κ1) is 18.6. The first-order valence-electron chi connectivity index (χ1n) is 8.96. The topological polar surface area (TPSA) is 49.4 Å². The highest BCUT2D eigenvalue weighted by Crippen LogP contribution is 2.27. The van der Waals surface area contributed by atoms with Crippen molar-refractivity contribution in [1.82, 2.24) is 4.90 Å². The lowest BCUT2D eigenvalue weighted by molar-refractivity contribution is 0.0512. The maximum Gasteiger partial charge on any atom is 0.256 e. The second-order valence-electron chi connectivity index (χ2n) is 6.85. The lowest BCUT2D eigenvalue weighted by Gasteiger charge is -2.39. The van der Waals surface area contributed by atoms with Crippen molar-refractivity contribution >= 4 is 33.4 Å². The van der Waals surface area contributed by atoms with Gasteiger partial charge in [-0.3, -0.25) is 9.59 Å². The van der Waals surface area contributed by atoms with Gasteiger partial charge in [0.15, 0.2) is 0 Å². The molecule has 0 spiro atoms. The van der Waals surface area contributed by atoms with Gasteiger partial charge in [-0.05, 0) is 63.4 Å². The first-order valence-corrected chi connectivity index (χ1v) is 9.75. The molecule has 0 bridgehead atoms. The number of benzene rings is 2. The summed E-state index contributed by atoms with van der Waals surface area (Å²) in [5, 5.41) is 2.90. The number of carbonyl (C=O) groups is 2. The summed E-state index contributed by atoms with van der Waals surface area (Å²) in [6, 6.07) is 14.8. The zero-order chi connectivity index (χ0) is 18.7. The molecule has 5 heteroatoms. The van der Waals surface area contributed by atoms with Crippen molar-refractivity contribution in [2.75, 3.05) is 5.32 Å². The Hall–Kier alpha value is -2.14. The van der Waals surface area contributed by atoms with E-state index in [2.05, 4.69) is 35.1 Å². The van der Waals surface area contributed by atoms with Gasteiger partial charge in [0.1, 0.15) is 0 Å². The highest BCUT2D eigenvalue weighted by atomic mass is 79.9. The standard InChI is InChI=1S/C21H23BrN2O2/c1-14-7-5-8-15(2)24(14)21(26)18-11-3-4-12-19(18)23-20(25)16-9-6-10-17(22)13-16/h3-4,6,9-15H,5,7-8H2,1-2H3,(H,23,25). The van der Waals surface area contributed by atoms with Crippen LogP contribution in [-0.4, -0.2) is 28.8 Å². The zero-order valence-electron chi connectivity index (χ0n) is 15.0. The Bertz CT molecular complexity index is 811. The molecule has 0 saturated carbocycles. The van der Waals surface area contributed by atoms with E-state index in [1.807, 2.05) is 29.2 Å². The van der Waals surface area contributed by atoms with Crippen LogP contribution in [0.2, 0.25) is 0 Å². The Morgan fingerprint density at radius 3 is 2.42 bits per heavy atom. The van der Waals surface area contributed by atoms with Crippen molar-refractivity contribution in [3.05, 3.63) is 64.1 Å². The summed E-state index contributed by atoms with van der Waals surface area (Å²) in [5.74, 6) is -0.249. The molecular weight excluding hydrogens is 392 g/mol. The van der Waals surface area contributed by atoms with Crippen LogP contribution in [0.1, 0.15) is 53.8 Å². The van der Waals surface area contributed by atoms with Crippen LogP contribution in [0.4, 0.5) is 5.69 Å². The van der Waals surface area contributed by atoms with E-state index in [0.29, 0.717) is 16.8 Å². The van der Waals surface area contributed by atoms with Gasteiger partial charge in [-0.25, -0.2) is 0 Å². The Kier molecular flexibility index (Phi) is 5.77. The number of hydrogen-bond donors (Lipinski definition) is 1. The van der Waals surface area contributed by atoms with E-state index in [4.69, 9.17) is 0 Å². The number of carbonyl (C=O) groups excluding carboxylic acids is 2. The van der Waals surface area contributed by atoms with E-state index in [0.717, 1.165) is 23.7 Å². The summed E-state index contributed by atoms with van der Waals surface area (Å²) in [6.07, 6.45) is 3.18. The van der Waals surface area contributed by atoms with Crippen molar-refractivity contribution in [2.24, 2.45) is 0 Å². The van der Waals surface area contributed by atoms with Gasteiger partial charge in [0, 0.05) is 22.1 Å². The van der Waals surface area contributed by atoms with Gasteiger partial charge >= 0.3 is 0 Å². The van der Waals surface area contributed by atoms with Gasteiger partial charge in [0.05, 0.1) is 11.3 Å². The summed E-state index contributed by atoms with van der Waals surface area (Å²) in [5.41, 5.74) is 1.63. The van der Waals surface area contributed by atoms with E-state index >= 15 is 0 Å². The smallest absolute Gasteiger partial charge is 0.256 e. The molecule has 2 amide bonds. The molecule has 136 valence electrons. The van der Waals surface area contributed by atoms with Crippen molar-refractivity contribution in [1.29, 1.82) is 0 Å². The highest BCUT2D eigenvalue weighted by molar-refractivity contribution is 9.10. The van der Waals surface area contributed by atoms with E-state index in [1.165, 1.54) is 0 Å². The fourth-order valence-corrected chi connectivity index (χ4v) is 3.96. The maximum atomic E-state index is 13.2. The zero-order valence-corrected chi connectivity index (χ0v) is 16.6. The summed E-state index contributed by atoms with van der Waals surface area (Å²) < 4.78 is 0.838. The maximum absolute atomic E-state index is 13.2. The number of nitrogens with zero attached hydrogens (tertiary/aromatic N) is 1. The number of piperidine rings is 1. The minimum absolute atomic E-state index is 0.0187. The molecule has 1 aliphatic heterocycles. The highest BCUT2D eigenvalue weighted by Gasteiger charge is 2.30. The second kappa shape index (κ2) is 8.04. The van der Waals surface area contributed by atoms with Crippen molar-refractivity contribution in [3.8, 4) is 0 Å². The number of rotatable bonds is 3. The molecule has 0 radical (unpaired) electrons. The van der Waals surface area contributed by atoms with Gasteiger partial charge in [0.25, 0.3) is 11.8 Å². The van der Waals surface area contributed by atoms with Crippen LogP contribution in [0, 0.1) is 0 Å². The predicted octanol–water partition coefficient (Wildman–Crippen LogP) is 5.10. The number of anilines is 1. The van der Waals surface area contributed by atoms with Crippen LogP contribution < -0.4 is 5.32 Å². The third-order valence-corrected chi connectivity index (χ3v) is 5.41. The average molecular weight is 415 g/mol. The third kappa shape index (κ3) is 3.98. The lowest BCUT2D eigenvalue weighted by atomic mass is 9.96. The number of amides is 2. The molecule has 3 rings (SSSR count). The molecule has 26 heavy (non-hydrogen) atoms. The molecule has 2 aromatic rings. The number of halogens is 1. The van der Waals surface area contributed by atoms with Crippen LogP contribution in [-0.2, 0) is 0 Å². The molecule has 0 aliphatic carbocycles. The van der Waals surface area contributed by atoms with Crippen LogP contribution in [0.25, 0.3) is 0 Å². The van der Waals surface area contributed by atoms with Crippen molar-refractivity contribution < 1.29 is 9.59 Å². The predicted molar refractivity (Wildman–Crippen MR) is 107 cm³/mol. The second-order valence-corrected chi connectivity index (χ2v) is 7.77. The number of nitrogens with one attached hydrogen (secondary N) is 1. The normalized spacial score (nSPS) is 19.9. The minimum atomic E-state index is -0.230. The van der Waals surface area contributed by atoms with E-state index < -0.39 is 0 Å². The van der Waals surface area contributed by atoms with Gasteiger partial charge in [0.2, 0.25) is 0 Å². The largest absolute Gasteiger partial charge is 0.333 e. The minimum Gasteiger partial charge on any atom is -0.333 e. The van der Waals surface area contributed by atoms with Crippen LogP contribution in [0.5, 0.6) is 0 Å². The van der Waals surface area contributed by atoms with E-state index in [9.17, 15) is 9.59 Å². The Labute approximate surface area is 162 Å². The summed E-state index contributed by atoms with van der Waals surface area (Å²) in [6.45, 7) is 4.19. The SMILES string of the molecule is CC1CCCC(C)N1C(=O)c1ccccc1NC(=O)c1cccc(Br)c1. The molecule has 1 aliphatic rings. The number of para-hydroxylation sites is 1. The molecule has 1 heterocycles. The van der Waals surface area contributed by atoms with Gasteiger partial charge in [-0.2, -0.15) is 0 Å². The van der Waals surface area contributed by atoms with E-state index in [1.54, 1.807) is 24.3 Å². The fraction of sp³-hybridized carbons (Fsp3) is 0.333. The van der Waals surface area contributed by atoms with Gasteiger partial charge < -0.3 is 10.2 Å². The molecule has 4 nitrogen and oxygen atoms in total. The Morgan fingerprint density at radius 2 is 1.73 bits per heavy atom. The molecule has 2 atom stereocenters. The van der Waals surface area contributed by atoms with Crippen LogP contribution in [0.15, 0.2) is 53.0 Å². The molecule has 1 saturated heterocycles. The van der Waals surface area contributed by atoms with Gasteiger partial charge in [-0.1, -0.05) is 34.1 Å². The quantitative estimate of drug-likeness (QED) is 0.758. The molecule has 2 aromatic carbocycles. The molecule has 0 aromatic heterocycles. The van der Waals surface area contributed by atoms with Crippen LogP contribution >= 0.6 is 15.9 Å². The van der Waals surface area contributed by atoms with Crippen molar-refractivity contribution in [3.63, 3.8) is 0 Å².